The lowest BCUT2D eigenvalue weighted by Gasteiger charge is -2.20. The number of carbonyl (C=O) groups excluding carboxylic acids is 1. The van der Waals surface area contributed by atoms with Crippen molar-refractivity contribution in [3.05, 3.63) is 18.2 Å². The zero-order valence-electron chi connectivity index (χ0n) is 12.1. The molecule has 0 fully saturated rings. The van der Waals surface area contributed by atoms with Crippen LogP contribution in [0.1, 0.15) is 19.8 Å². The van der Waals surface area contributed by atoms with Crippen molar-refractivity contribution in [2.24, 2.45) is 11.5 Å². The molecule has 0 radical (unpaired) electrons. The largest absolute Gasteiger partial charge is 0.493 e. The van der Waals surface area contributed by atoms with E-state index in [1.807, 2.05) is 6.07 Å². The molecule has 6 heteroatoms. The number of benzene rings is 1. The lowest BCUT2D eigenvalue weighted by atomic mass is 9.97. The predicted octanol–water partition coefficient (Wildman–Crippen LogP) is 1.07. The molecular formula is C14H22N2O4. The van der Waals surface area contributed by atoms with Crippen LogP contribution < -0.4 is 25.7 Å². The molecular weight excluding hydrogens is 260 g/mol. The van der Waals surface area contributed by atoms with Gasteiger partial charge in [0, 0.05) is 0 Å². The molecule has 0 heterocycles. The Bertz CT molecular complexity index is 438. The number of hydrogen-bond donors (Lipinski definition) is 2. The Morgan fingerprint density at radius 3 is 2.25 bits per heavy atom. The van der Waals surface area contributed by atoms with Crippen LogP contribution in [-0.2, 0) is 4.79 Å². The van der Waals surface area contributed by atoms with Crippen molar-refractivity contribution in [2.45, 2.75) is 25.3 Å². The van der Waals surface area contributed by atoms with Crippen LogP contribution in [0, 0.1) is 0 Å². The molecule has 0 saturated carbocycles. The van der Waals surface area contributed by atoms with Crippen molar-refractivity contribution in [1.82, 2.24) is 0 Å². The Labute approximate surface area is 119 Å². The summed E-state index contributed by atoms with van der Waals surface area (Å²) in [7, 11) is 3.12. The van der Waals surface area contributed by atoms with Crippen LogP contribution in [0.3, 0.4) is 0 Å². The van der Waals surface area contributed by atoms with Crippen LogP contribution >= 0.6 is 0 Å². The first-order valence-corrected chi connectivity index (χ1v) is 6.35. The van der Waals surface area contributed by atoms with Gasteiger partial charge in [-0.25, -0.2) is 0 Å². The van der Waals surface area contributed by atoms with Gasteiger partial charge in [-0.1, -0.05) is 6.07 Å². The summed E-state index contributed by atoms with van der Waals surface area (Å²) in [6, 6.07) is 5.39. The van der Waals surface area contributed by atoms with Gasteiger partial charge in [-0.15, -0.1) is 0 Å². The Morgan fingerprint density at radius 2 is 1.80 bits per heavy atom. The maximum atomic E-state index is 11.1. The molecule has 6 nitrogen and oxygen atoms in total. The van der Waals surface area contributed by atoms with Gasteiger partial charge < -0.3 is 25.7 Å². The first-order valence-electron chi connectivity index (χ1n) is 6.35. The summed E-state index contributed by atoms with van der Waals surface area (Å²) in [5, 5.41) is 0. The Balaban J connectivity index is 2.60. The van der Waals surface area contributed by atoms with Crippen molar-refractivity contribution < 1.29 is 19.0 Å². The SMILES string of the molecule is COc1cccc(OC)c1OCCCC(C)(N)C(N)=O. The second-order valence-electron chi connectivity index (χ2n) is 4.73. The lowest BCUT2D eigenvalue weighted by Crippen LogP contribution is -2.49. The summed E-state index contributed by atoms with van der Waals surface area (Å²) < 4.78 is 16.1. The molecule has 0 spiro atoms. The van der Waals surface area contributed by atoms with Gasteiger partial charge in [0.15, 0.2) is 11.5 Å². The highest BCUT2D eigenvalue weighted by Crippen LogP contribution is 2.36. The number of primary amides is 1. The standard InChI is InChI=1S/C14H22N2O4/c1-14(16,13(15)17)8-5-9-20-12-10(18-2)6-4-7-11(12)19-3/h4,6-7H,5,8-9,16H2,1-3H3,(H2,15,17). The minimum absolute atomic E-state index is 0.386. The van der Waals surface area contributed by atoms with E-state index in [-0.39, 0.29) is 0 Å². The van der Waals surface area contributed by atoms with Gasteiger partial charge in [0.05, 0.1) is 26.4 Å². The highest BCUT2D eigenvalue weighted by molar-refractivity contribution is 5.83. The zero-order valence-corrected chi connectivity index (χ0v) is 12.1. The van der Waals surface area contributed by atoms with Crippen LogP contribution in [0.15, 0.2) is 18.2 Å². The summed E-state index contributed by atoms with van der Waals surface area (Å²) in [6.07, 6.45) is 1.04. The molecule has 1 amide bonds. The van der Waals surface area contributed by atoms with Crippen molar-refractivity contribution in [2.75, 3.05) is 20.8 Å². The van der Waals surface area contributed by atoms with E-state index in [0.717, 1.165) is 0 Å². The average Bonchev–Trinajstić information content (AvgIpc) is 2.43. The summed E-state index contributed by atoms with van der Waals surface area (Å²) in [5.74, 6) is 1.20. The minimum atomic E-state index is -1.02. The van der Waals surface area contributed by atoms with Gasteiger partial charge in [0.2, 0.25) is 11.7 Å². The predicted molar refractivity (Wildman–Crippen MR) is 76.1 cm³/mol. The molecule has 20 heavy (non-hydrogen) atoms. The fourth-order valence-electron chi connectivity index (χ4n) is 1.70. The van der Waals surface area contributed by atoms with E-state index >= 15 is 0 Å². The number of carbonyl (C=O) groups is 1. The summed E-state index contributed by atoms with van der Waals surface area (Å²) >= 11 is 0. The van der Waals surface area contributed by atoms with E-state index in [2.05, 4.69) is 0 Å². The van der Waals surface area contributed by atoms with Crippen LogP contribution in [0.4, 0.5) is 0 Å². The normalized spacial score (nSPS) is 13.4. The Kier molecular flexibility index (Phi) is 5.64. The monoisotopic (exact) mass is 282 g/mol. The zero-order chi connectivity index (χ0) is 15.2. The minimum Gasteiger partial charge on any atom is -0.493 e. The van der Waals surface area contributed by atoms with Gasteiger partial charge in [0.25, 0.3) is 0 Å². The molecule has 1 aromatic carbocycles. The van der Waals surface area contributed by atoms with Crippen molar-refractivity contribution in [3.63, 3.8) is 0 Å². The highest BCUT2D eigenvalue weighted by Gasteiger charge is 2.24. The van der Waals surface area contributed by atoms with E-state index in [1.165, 1.54) is 0 Å². The molecule has 1 aromatic rings. The number of nitrogens with two attached hydrogens (primary N) is 2. The molecule has 112 valence electrons. The third-order valence-corrected chi connectivity index (χ3v) is 3.03. The molecule has 1 atom stereocenters. The fourth-order valence-corrected chi connectivity index (χ4v) is 1.70. The number of hydrogen-bond acceptors (Lipinski definition) is 5. The van der Waals surface area contributed by atoms with Crippen LogP contribution in [-0.4, -0.2) is 32.3 Å². The van der Waals surface area contributed by atoms with E-state index in [4.69, 9.17) is 25.7 Å². The maximum absolute atomic E-state index is 11.1. The van der Waals surface area contributed by atoms with Crippen molar-refractivity contribution in [3.8, 4) is 17.2 Å². The number of ether oxygens (including phenoxy) is 3. The summed E-state index contributed by atoms with van der Waals surface area (Å²) in [4.78, 5) is 11.1. The fraction of sp³-hybridized carbons (Fsp3) is 0.500. The van der Waals surface area contributed by atoms with E-state index in [9.17, 15) is 4.79 Å². The molecule has 4 N–H and O–H groups in total. The van der Waals surface area contributed by atoms with Crippen molar-refractivity contribution >= 4 is 5.91 Å². The number of rotatable bonds is 8. The Morgan fingerprint density at radius 1 is 1.25 bits per heavy atom. The van der Waals surface area contributed by atoms with Gasteiger partial charge in [-0.05, 0) is 31.9 Å². The number of amides is 1. The first-order chi connectivity index (χ1) is 9.42. The first kappa shape index (κ1) is 16.1. The van der Waals surface area contributed by atoms with Gasteiger partial charge in [-0.2, -0.15) is 0 Å². The van der Waals surface area contributed by atoms with Crippen LogP contribution in [0.25, 0.3) is 0 Å². The van der Waals surface area contributed by atoms with Gasteiger partial charge >= 0.3 is 0 Å². The molecule has 1 unspecified atom stereocenters. The molecule has 0 aliphatic rings. The molecule has 0 aromatic heterocycles. The van der Waals surface area contributed by atoms with Crippen molar-refractivity contribution in [1.29, 1.82) is 0 Å². The highest BCUT2D eigenvalue weighted by atomic mass is 16.5. The van der Waals surface area contributed by atoms with Crippen LogP contribution in [0.2, 0.25) is 0 Å². The number of para-hydroxylation sites is 1. The smallest absolute Gasteiger partial charge is 0.237 e. The van der Waals surface area contributed by atoms with Gasteiger partial charge in [0.1, 0.15) is 0 Å². The second-order valence-corrected chi connectivity index (χ2v) is 4.73. The summed E-state index contributed by atoms with van der Waals surface area (Å²) in [6.45, 7) is 2.00. The van der Waals surface area contributed by atoms with Crippen LogP contribution in [0.5, 0.6) is 17.2 Å². The van der Waals surface area contributed by atoms with E-state index in [0.29, 0.717) is 36.7 Å². The third kappa shape index (κ3) is 4.03. The number of methoxy groups -OCH3 is 2. The molecule has 0 saturated heterocycles. The third-order valence-electron chi connectivity index (χ3n) is 3.03. The molecule has 0 aliphatic heterocycles. The quantitative estimate of drug-likeness (QED) is 0.695. The Hall–Kier alpha value is -1.95. The maximum Gasteiger partial charge on any atom is 0.237 e. The molecule has 0 aliphatic carbocycles. The van der Waals surface area contributed by atoms with Gasteiger partial charge in [-0.3, -0.25) is 4.79 Å². The topological polar surface area (TPSA) is 96.8 Å². The lowest BCUT2D eigenvalue weighted by molar-refractivity contribution is -0.122. The molecule has 1 rings (SSSR count). The average molecular weight is 282 g/mol. The van der Waals surface area contributed by atoms with E-state index in [1.54, 1.807) is 33.3 Å². The summed E-state index contributed by atoms with van der Waals surface area (Å²) in [5.41, 5.74) is 9.96. The second kappa shape index (κ2) is 7.00. The van der Waals surface area contributed by atoms with E-state index < -0.39 is 11.4 Å². The molecule has 0 bridgehead atoms.